The molecule has 0 aliphatic carbocycles. The summed E-state index contributed by atoms with van der Waals surface area (Å²) in [5.74, 6) is -0.811. The van der Waals surface area contributed by atoms with Crippen LogP contribution in [0.5, 0.6) is 0 Å². The molecule has 1 aliphatic heterocycles. The molecule has 2 amide bonds. The van der Waals surface area contributed by atoms with Crippen molar-refractivity contribution in [3.8, 4) is 0 Å². The summed E-state index contributed by atoms with van der Waals surface area (Å²) in [7, 11) is 2.06. The molecule has 0 bridgehead atoms. The smallest absolute Gasteiger partial charge is 0.320 e. The molecule has 0 aromatic rings. The van der Waals surface area contributed by atoms with Crippen LogP contribution in [0.1, 0.15) is 33.6 Å². The Labute approximate surface area is 121 Å². The lowest BCUT2D eigenvalue weighted by molar-refractivity contribution is -0.137. The standard InChI is InChI=1S/C14H27N3O3/c1-11(2)16(7-5-6-13(18)19)14(20)17-9-8-15(4)10-12(17)3/h11-12H,5-10H2,1-4H3,(H,18,19). The Morgan fingerprint density at radius 1 is 1.35 bits per heavy atom. The first-order valence-corrected chi connectivity index (χ1v) is 7.30. The van der Waals surface area contributed by atoms with E-state index in [9.17, 15) is 9.59 Å². The lowest BCUT2D eigenvalue weighted by Crippen LogP contribution is -2.57. The molecular formula is C14H27N3O3. The normalized spacial score (nSPS) is 20.2. The molecule has 0 radical (unpaired) electrons. The molecule has 0 aromatic carbocycles. The van der Waals surface area contributed by atoms with Crippen molar-refractivity contribution < 1.29 is 14.7 Å². The largest absolute Gasteiger partial charge is 0.481 e. The first-order valence-electron chi connectivity index (χ1n) is 7.30. The number of carboxylic acids is 1. The van der Waals surface area contributed by atoms with E-state index in [4.69, 9.17) is 5.11 Å². The van der Waals surface area contributed by atoms with Gasteiger partial charge >= 0.3 is 12.0 Å². The van der Waals surface area contributed by atoms with Crippen LogP contribution in [0.25, 0.3) is 0 Å². The summed E-state index contributed by atoms with van der Waals surface area (Å²) in [6.07, 6.45) is 0.607. The molecule has 1 atom stereocenters. The van der Waals surface area contributed by atoms with Gasteiger partial charge in [0.15, 0.2) is 0 Å². The highest BCUT2D eigenvalue weighted by Crippen LogP contribution is 2.14. The Morgan fingerprint density at radius 2 is 2.00 bits per heavy atom. The van der Waals surface area contributed by atoms with Crippen molar-refractivity contribution >= 4 is 12.0 Å². The maximum atomic E-state index is 12.6. The Bertz CT molecular complexity index is 347. The van der Waals surface area contributed by atoms with Crippen LogP contribution in [0.2, 0.25) is 0 Å². The summed E-state index contributed by atoms with van der Waals surface area (Å²) in [4.78, 5) is 29.1. The minimum Gasteiger partial charge on any atom is -0.481 e. The van der Waals surface area contributed by atoms with E-state index in [0.29, 0.717) is 13.0 Å². The molecule has 0 spiro atoms. The number of urea groups is 1. The molecule has 0 aromatic heterocycles. The first-order chi connectivity index (χ1) is 9.32. The molecule has 20 heavy (non-hydrogen) atoms. The van der Waals surface area contributed by atoms with Crippen molar-refractivity contribution in [3.63, 3.8) is 0 Å². The summed E-state index contributed by atoms with van der Waals surface area (Å²) in [5, 5.41) is 8.70. The first kappa shape index (κ1) is 16.8. The average Bonchev–Trinajstić information content (AvgIpc) is 2.33. The lowest BCUT2D eigenvalue weighted by Gasteiger charge is -2.41. The number of carboxylic acid groups (broad SMARTS) is 1. The molecule has 1 N–H and O–H groups in total. The Morgan fingerprint density at radius 3 is 2.50 bits per heavy atom. The number of hydrogen-bond donors (Lipinski definition) is 1. The number of piperazine rings is 1. The van der Waals surface area contributed by atoms with Gasteiger partial charge in [-0.15, -0.1) is 0 Å². The Hall–Kier alpha value is -1.30. The third-order valence-electron chi connectivity index (χ3n) is 3.73. The van der Waals surface area contributed by atoms with E-state index in [1.807, 2.05) is 18.7 Å². The molecule has 1 rings (SSSR count). The van der Waals surface area contributed by atoms with Gasteiger partial charge in [0.2, 0.25) is 0 Å². The number of rotatable bonds is 5. The Balaban J connectivity index is 2.61. The molecule has 6 heteroatoms. The van der Waals surface area contributed by atoms with Crippen LogP contribution >= 0.6 is 0 Å². The van der Waals surface area contributed by atoms with Gasteiger partial charge in [-0.2, -0.15) is 0 Å². The van der Waals surface area contributed by atoms with E-state index in [-0.39, 0.29) is 24.5 Å². The second kappa shape index (κ2) is 7.47. The predicted octanol–water partition coefficient (Wildman–Crippen LogP) is 1.32. The van der Waals surface area contributed by atoms with E-state index < -0.39 is 5.97 Å². The number of nitrogens with zero attached hydrogens (tertiary/aromatic N) is 3. The molecule has 6 nitrogen and oxygen atoms in total. The Kier molecular flexibility index (Phi) is 6.26. The van der Waals surface area contributed by atoms with E-state index >= 15 is 0 Å². The molecule has 0 saturated carbocycles. The molecule has 1 heterocycles. The van der Waals surface area contributed by atoms with Gasteiger partial charge in [-0.25, -0.2) is 4.79 Å². The summed E-state index contributed by atoms with van der Waals surface area (Å²) in [6.45, 7) is 9.01. The molecular weight excluding hydrogens is 258 g/mol. The van der Waals surface area contributed by atoms with Gasteiger partial charge in [0, 0.05) is 44.7 Å². The van der Waals surface area contributed by atoms with E-state index in [0.717, 1.165) is 19.6 Å². The number of aliphatic carboxylic acids is 1. The van der Waals surface area contributed by atoms with Crippen molar-refractivity contribution in [2.75, 3.05) is 33.2 Å². The van der Waals surface area contributed by atoms with Gasteiger partial charge in [0.25, 0.3) is 0 Å². The van der Waals surface area contributed by atoms with Crippen LogP contribution in [-0.2, 0) is 4.79 Å². The van der Waals surface area contributed by atoms with E-state index in [1.165, 1.54) is 0 Å². The van der Waals surface area contributed by atoms with Crippen LogP contribution in [0.4, 0.5) is 4.79 Å². The fourth-order valence-electron chi connectivity index (χ4n) is 2.56. The summed E-state index contributed by atoms with van der Waals surface area (Å²) in [5.41, 5.74) is 0. The number of amides is 2. The molecule has 1 saturated heterocycles. The van der Waals surface area contributed by atoms with Crippen molar-refractivity contribution in [2.24, 2.45) is 0 Å². The van der Waals surface area contributed by atoms with Crippen molar-refractivity contribution in [1.29, 1.82) is 0 Å². The third-order valence-corrected chi connectivity index (χ3v) is 3.73. The molecule has 116 valence electrons. The van der Waals surface area contributed by atoms with Crippen LogP contribution in [0, 0.1) is 0 Å². The monoisotopic (exact) mass is 285 g/mol. The summed E-state index contributed by atoms with van der Waals surface area (Å²) < 4.78 is 0. The van der Waals surface area contributed by atoms with Crippen LogP contribution in [-0.4, -0.2) is 77.1 Å². The highest BCUT2D eigenvalue weighted by molar-refractivity contribution is 5.75. The zero-order valence-electron chi connectivity index (χ0n) is 13.0. The molecule has 1 aliphatic rings. The van der Waals surface area contributed by atoms with E-state index in [2.05, 4.69) is 18.9 Å². The van der Waals surface area contributed by atoms with Gasteiger partial charge in [-0.3, -0.25) is 4.79 Å². The zero-order chi connectivity index (χ0) is 15.3. The van der Waals surface area contributed by atoms with Gasteiger partial charge in [-0.1, -0.05) is 0 Å². The quantitative estimate of drug-likeness (QED) is 0.827. The van der Waals surface area contributed by atoms with Crippen molar-refractivity contribution in [1.82, 2.24) is 14.7 Å². The molecule has 1 unspecified atom stereocenters. The van der Waals surface area contributed by atoms with Crippen LogP contribution < -0.4 is 0 Å². The summed E-state index contributed by atoms with van der Waals surface area (Å²) in [6, 6.07) is 0.316. The third kappa shape index (κ3) is 4.67. The zero-order valence-corrected chi connectivity index (χ0v) is 13.0. The number of hydrogen-bond acceptors (Lipinski definition) is 3. The second-order valence-electron chi connectivity index (χ2n) is 5.87. The minimum absolute atomic E-state index is 0.0333. The number of carbonyl (C=O) groups is 2. The fraction of sp³-hybridized carbons (Fsp3) is 0.857. The number of likely N-dealkylation sites (N-methyl/N-ethyl adjacent to an activating group) is 1. The highest BCUT2D eigenvalue weighted by Gasteiger charge is 2.30. The SMILES string of the molecule is CC(C)N(CCCC(=O)O)C(=O)N1CCN(C)CC1C. The summed E-state index contributed by atoms with van der Waals surface area (Å²) >= 11 is 0. The fourth-order valence-corrected chi connectivity index (χ4v) is 2.56. The van der Waals surface area contributed by atoms with Gasteiger partial charge < -0.3 is 19.8 Å². The minimum atomic E-state index is -0.811. The van der Waals surface area contributed by atoms with Crippen LogP contribution in [0.3, 0.4) is 0 Å². The van der Waals surface area contributed by atoms with Gasteiger partial charge in [-0.05, 0) is 34.2 Å². The van der Waals surface area contributed by atoms with Crippen molar-refractivity contribution in [2.45, 2.75) is 45.7 Å². The second-order valence-corrected chi connectivity index (χ2v) is 5.87. The average molecular weight is 285 g/mol. The van der Waals surface area contributed by atoms with Gasteiger partial charge in [0.1, 0.15) is 0 Å². The van der Waals surface area contributed by atoms with Crippen LogP contribution in [0.15, 0.2) is 0 Å². The molecule has 1 fully saturated rings. The predicted molar refractivity (Wildman–Crippen MR) is 77.8 cm³/mol. The van der Waals surface area contributed by atoms with E-state index in [1.54, 1.807) is 4.90 Å². The van der Waals surface area contributed by atoms with Crippen molar-refractivity contribution in [3.05, 3.63) is 0 Å². The maximum Gasteiger partial charge on any atom is 0.320 e. The van der Waals surface area contributed by atoms with Gasteiger partial charge in [0.05, 0.1) is 0 Å². The topological polar surface area (TPSA) is 64.1 Å². The maximum absolute atomic E-state index is 12.6. The number of carbonyl (C=O) groups excluding carboxylic acids is 1. The highest BCUT2D eigenvalue weighted by atomic mass is 16.4. The lowest BCUT2D eigenvalue weighted by atomic mass is 10.2.